The summed E-state index contributed by atoms with van der Waals surface area (Å²) < 4.78 is 5.26. The van der Waals surface area contributed by atoms with E-state index in [0.29, 0.717) is 18.1 Å². The molecule has 0 amide bonds. The largest absolute Gasteiger partial charge is 0.339 e. The summed E-state index contributed by atoms with van der Waals surface area (Å²) in [4.78, 5) is 4.35. The van der Waals surface area contributed by atoms with Gasteiger partial charge in [-0.1, -0.05) is 54.5 Å². The zero-order valence-corrected chi connectivity index (χ0v) is 12.0. The second-order valence-corrected chi connectivity index (χ2v) is 5.31. The molecule has 0 radical (unpaired) electrons. The van der Waals surface area contributed by atoms with Crippen LogP contribution in [0.5, 0.6) is 0 Å². The maximum absolute atomic E-state index is 6.10. The van der Waals surface area contributed by atoms with E-state index in [1.54, 1.807) is 0 Å². The van der Waals surface area contributed by atoms with Crippen molar-refractivity contribution in [3.8, 4) is 0 Å². The van der Waals surface area contributed by atoms with Crippen LogP contribution in [0.4, 0.5) is 0 Å². The molecule has 0 spiro atoms. The number of aromatic nitrogens is 2. The van der Waals surface area contributed by atoms with Gasteiger partial charge in [-0.3, -0.25) is 0 Å². The van der Waals surface area contributed by atoms with Gasteiger partial charge in [-0.05, 0) is 22.8 Å². The molecule has 1 unspecified atom stereocenters. The molecule has 2 aromatic carbocycles. The Hall–Kier alpha value is -1.87. The highest BCUT2D eigenvalue weighted by Crippen LogP contribution is 2.22. The van der Waals surface area contributed by atoms with E-state index in [1.807, 2.05) is 19.1 Å². The Labute approximate surface area is 122 Å². The van der Waals surface area contributed by atoms with E-state index in [4.69, 9.17) is 16.1 Å². The van der Waals surface area contributed by atoms with Gasteiger partial charge in [0.1, 0.15) is 0 Å². The smallest absolute Gasteiger partial charge is 0.231 e. The summed E-state index contributed by atoms with van der Waals surface area (Å²) in [5, 5.41) is 6.20. The van der Waals surface area contributed by atoms with Crippen LogP contribution < -0.4 is 0 Å². The standard InChI is InChI=1S/C16H15ClN2O/c1-2-14(17)16-18-15(20-19-16)10-11-7-8-12-5-3-4-6-13(12)9-11/h3-9,14H,2,10H2,1H3. The Morgan fingerprint density at radius 3 is 2.75 bits per heavy atom. The zero-order valence-electron chi connectivity index (χ0n) is 11.2. The number of halogens is 1. The lowest BCUT2D eigenvalue weighted by molar-refractivity contribution is 0.378. The van der Waals surface area contributed by atoms with Crippen LogP contribution in [-0.2, 0) is 6.42 Å². The lowest BCUT2D eigenvalue weighted by atomic mass is 10.1. The lowest BCUT2D eigenvalue weighted by Crippen LogP contribution is -1.93. The van der Waals surface area contributed by atoms with E-state index in [-0.39, 0.29) is 5.38 Å². The number of benzene rings is 2. The number of hydrogen-bond donors (Lipinski definition) is 0. The molecule has 102 valence electrons. The van der Waals surface area contributed by atoms with Crippen molar-refractivity contribution < 1.29 is 4.52 Å². The van der Waals surface area contributed by atoms with Crippen molar-refractivity contribution in [1.82, 2.24) is 10.1 Å². The second kappa shape index (κ2) is 5.63. The van der Waals surface area contributed by atoms with Crippen molar-refractivity contribution in [2.45, 2.75) is 25.1 Å². The molecule has 3 aromatic rings. The van der Waals surface area contributed by atoms with E-state index >= 15 is 0 Å². The number of hydrogen-bond acceptors (Lipinski definition) is 3. The van der Waals surface area contributed by atoms with Crippen LogP contribution in [0.3, 0.4) is 0 Å². The molecule has 1 atom stereocenters. The fourth-order valence-corrected chi connectivity index (χ4v) is 2.26. The zero-order chi connectivity index (χ0) is 13.9. The Morgan fingerprint density at radius 2 is 1.95 bits per heavy atom. The minimum absolute atomic E-state index is 0.177. The maximum Gasteiger partial charge on any atom is 0.231 e. The van der Waals surface area contributed by atoms with Crippen LogP contribution >= 0.6 is 11.6 Å². The molecule has 0 aliphatic carbocycles. The van der Waals surface area contributed by atoms with Crippen molar-refractivity contribution in [3.63, 3.8) is 0 Å². The predicted octanol–water partition coefficient (Wildman–Crippen LogP) is 4.50. The van der Waals surface area contributed by atoms with Gasteiger partial charge in [-0.25, -0.2) is 0 Å². The molecule has 0 saturated carbocycles. The highest BCUT2D eigenvalue weighted by Gasteiger charge is 2.14. The van der Waals surface area contributed by atoms with E-state index in [2.05, 4.69) is 40.5 Å². The van der Waals surface area contributed by atoms with Crippen LogP contribution in [0.15, 0.2) is 47.0 Å². The Bertz CT molecular complexity index is 723. The first kappa shape index (κ1) is 13.1. The molecular weight excluding hydrogens is 272 g/mol. The second-order valence-electron chi connectivity index (χ2n) is 4.78. The lowest BCUT2D eigenvalue weighted by Gasteiger charge is -2.01. The van der Waals surface area contributed by atoms with Gasteiger partial charge in [0.05, 0.1) is 11.8 Å². The van der Waals surface area contributed by atoms with E-state index in [9.17, 15) is 0 Å². The van der Waals surface area contributed by atoms with Gasteiger partial charge >= 0.3 is 0 Å². The minimum Gasteiger partial charge on any atom is -0.339 e. The number of alkyl halides is 1. The van der Waals surface area contributed by atoms with Crippen LogP contribution in [-0.4, -0.2) is 10.1 Å². The fourth-order valence-electron chi connectivity index (χ4n) is 2.17. The fraction of sp³-hybridized carbons (Fsp3) is 0.250. The number of nitrogens with zero attached hydrogens (tertiary/aromatic N) is 2. The van der Waals surface area contributed by atoms with Crippen molar-refractivity contribution >= 4 is 22.4 Å². The Kier molecular flexibility index (Phi) is 3.70. The first-order valence-corrected chi connectivity index (χ1v) is 7.14. The first-order valence-electron chi connectivity index (χ1n) is 6.70. The van der Waals surface area contributed by atoms with Crippen molar-refractivity contribution in [1.29, 1.82) is 0 Å². The van der Waals surface area contributed by atoms with Crippen molar-refractivity contribution in [2.24, 2.45) is 0 Å². The van der Waals surface area contributed by atoms with Gasteiger partial charge in [0.15, 0.2) is 5.82 Å². The average molecular weight is 287 g/mol. The molecule has 0 aliphatic heterocycles. The van der Waals surface area contributed by atoms with E-state index in [0.717, 1.165) is 12.0 Å². The summed E-state index contributed by atoms with van der Waals surface area (Å²) in [6.45, 7) is 2.00. The molecule has 4 heteroatoms. The molecule has 20 heavy (non-hydrogen) atoms. The summed E-state index contributed by atoms with van der Waals surface area (Å²) in [6.07, 6.45) is 1.42. The molecule has 3 rings (SSSR count). The molecular formula is C16H15ClN2O. The summed E-state index contributed by atoms with van der Waals surface area (Å²) in [5.41, 5.74) is 1.15. The van der Waals surface area contributed by atoms with Crippen molar-refractivity contribution in [2.75, 3.05) is 0 Å². The first-order chi connectivity index (χ1) is 9.76. The molecule has 0 aliphatic rings. The van der Waals surface area contributed by atoms with Gasteiger partial charge < -0.3 is 4.52 Å². The normalized spacial score (nSPS) is 12.7. The molecule has 1 heterocycles. The molecule has 0 bridgehead atoms. The highest BCUT2D eigenvalue weighted by atomic mass is 35.5. The van der Waals surface area contributed by atoms with E-state index < -0.39 is 0 Å². The van der Waals surface area contributed by atoms with Crippen LogP contribution in [0.25, 0.3) is 10.8 Å². The van der Waals surface area contributed by atoms with Crippen LogP contribution in [0, 0.1) is 0 Å². The third kappa shape index (κ3) is 2.68. The van der Waals surface area contributed by atoms with Gasteiger partial charge in [0.2, 0.25) is 5.89 Å². The summed E-state index contributed by atoms with van der Waals surface area (Å²) >= 11 is 6.10. The minimum atomic E-state index is -0.177. The molecule has 3 nitrogen and oxygen atoms in total. The maximum atomic E-state index is 6.10. The summed E-state index contributed by atoms with van der Waals surface area (Å²) in [7, 11) is 0. The molecule has 1 aromatic heterocycles. The Balaban J connectivity index is 1.83. The number of fused-ring (bicyclic) bond motifs is 1. The Morgan fingerprint density at radius 1 is 1.15 bits per heavy atom. The van der Waals surface area contributed by atoms with Crippen LogP contribution in [0.2, 0.25) is 0 Å². The van der Waals surface area contributed by atoms with E-state index in [1.165, 1.54) is 10.8 Å². The number of rotatable bonds is 4. The monoisotopic (exact) mass is 286 g/mol. The SMILES string of the molecule is CCC(Cl)c1noc(Cc2ccc3ccccc3c2)n1. The highest BCUT2D eigenvalue weighted by molar-refractivity contribution is 6.20. The average Bonchev–Trinajstić information content (AvgIpc) is 2.95. The topological polar surface area (TPSA) is 38.9 Å². The summed E-state index contributed by atoms with van der Waals surface area (Å²) in [6, 6.07) is 14.6. The molecule has 0 saturated heterocycles. The molecule has 0 N–H and O–H groups in total. The van der Waals surface area contributed by atoms with Gasteiger partial charge in [0, 0.05) is 0 Å². The van der Waals surface area contributed by atoms with Gasteiger partial charge in [-0.15, -0.1) is 11.6 Å². The molecule has 0 fully saturated rings. The predicted molar refractivity (Wildman–Crippen MR) is 79.9 cm³/mol. The summed E-state index contributed by atoms with van der Waals surface area (Å²) in [5.74, 6) is 1.18. The van der Waals surface area contributed by atoms with Gasteiger partial charge in [0.25, 0.3) is 0 Å². The third-order valence-electron chi connectivity index (χ3n) is 3.29. The van der Waals surface area contributed by atoms with Crippen LogP contribution in [0.1, 0.15) is 36.0 Å². The van der Waals surface area contributed by atoms with Gasteiger partial charge in [-0.2, -0.15) is 4.98 Å². The van der Waals surface area contributed by atoms with Crippen molar-refractivity contribution in [3.05, 3.63) is 59.7 Å². The third-order valence-corrected chi connectivity index (χ3v) is 3.80. The quantitative estimate of drug-likeness (QED) is 0.663.